The Morgan fingerprint density at radius 3 is 2.25 bits per heavy atom. The Morgan fingerprint density at radius 1 is 0.906 bits per heavy atom. The van der Waals surface area contributed by atoms with E-state index in [-0.39, 0.29) is 17.0 Å². The maximum Gasteiger partial charge on any atom is 0.240 e. The molecule has 1 amide bonds. The minimum Gasteiger partial charge on any atom is -0.508 e. The van der Waals surface area contributed by atoms with E-state index in [0.717, 1.165) is 21.6 Å². The third kappa shape index (κ3) is 3.14. The fraction of sp³-hybridized carbons (Fsp3) is 0.125. The number of amides is 1. The number of hydrogen-bond acceptors (Lipinski definition) is 6. The third-order valence-corrected chi connectivity index (χ3v) is 7.80. The molecule has 32 heavy (non-hydrogen) atoms. The first-order valence-corrected chi connectivity index (χ1v) is 12.1. The van der Waals surface area contributed by atoms with Gasteiger partial charge in [-0.15, -0.1) is 22.0 Å². The highest BCUT2D eigenvalue weighted by Gasteiger charge is 2.36. The smallest absolute Gasteiger partial charge is 0.240 e. The Hall–Kier alpha value is -3.36. The average molecular weight is 459 g/mol. The van der Waals surface area contributed by atoms with Gasteiger partial charge in [-0.25, -0.2) is 0 Å². The van der Waals surface area contributed by atoms with Gasteiger partial charge in [-0.3, -0.25) is 9.69 Å². The first-order chi connectivity index (χ1) is 15.7. The average Bonchev–Trinajstić information content (AvgIpc) is 3.51. The van der Waals surface area contributed by atoms with E-state index in [0.29, 0.717) is 17.4 Å². The summed E-state index contributed by atoms with van der Waals surface area (Å²) in [6.07, 6.45) is 0. The lowest BCUT2D eigenvalue weighted by atomic mass is 10.2. The number of para-hydroxylation sites is 2. The number of hydrogen-bond donors (Lipinski definition) is 1. The fourth-order valence-electron chi connectivity index (χ4n) is 4.23. The van der Waals surface area contributed by atoms with Gasteiger partial charge in [-0.1, -0.05) is 59.9 Å². The van der Waals surface area contributed by atoms with Gasteiger partial charge in [0.05, 0.1) is 12.3 Å². The molecule has 5 aromatic rings. The highest BCUT2D eigenvalue weighted by Crippen LogP contribution is 2.43. The van der Waals surface area contributed by atoms with E-state index in [1.165, 1.54) is 22.1 Å². The summed E-state index contributed by atoms with van der Waals surface area (Å²) in [4.78, 5) is 14.4. The van der Waals surface area contributed by atoms with Crippen LogP contribution in [0.5, 0.6) is 5.75 Å². The van der Waals surface area contributed by atoms with Crippen LogP contribution in [0.15, 0.2) is 72.8 Å². The van der Waals surface area contributed by atoms with Crippen LogP contribution in [0.25, 0.3) is 21.8 Å². The molecule has 3 aromatic carbocycles. The van der Waals surface area contributed by atoms with Crippen LogP contribution in [-0.4, -0.2) is 31.5 Å². The number of benzene rings is 3. The molecule has 3 heterocycles. The number of phenolic OH excluding ortho intramolecular Hbond substituents is 1. The summed E-state index contributed by atoms with van der Waals surface area (Å²) < 4.78 is 2.26. The van der Waals surface area contributed by atoms with Crippen LogP contribution in [0.2, 0.25) is 0 Å². The van der Waals surface area contributed by atoms with Crippen molar-refractivity contribution in [3.05, 3.63) is 83.4 Å². The van der Waals surface area contributed by atoms with Gasteiger partial charge in [0, 0.05) is 21.8 Å². The topological polar surface area (TPSA) is 71.2 Å². The van der Waals surface area contributed by atoms with Gasteiger partial charge in [-0.05, 0) is 29.8 Å². The number of phenols is 1. The number of anilines is 1. The molecular weight excluding hydrogens is 440 g/mol. The SMILES string of the molecule is O=C1CSC(c2ccc(O)cc2)N1c1nnc(Cn2c3ccccc3c3ccccc32)s1. The summed E-state index contributed by atoms with van der Waals surface area (Å²) in [6.45, 7) is 0.588. The zero-order valence-corrected chi connectivity index (χ0v) is 18.5. The number of aromatic nitrogens is 3. The lowest BCUT2D eigenvalue weighted by molar-refractivity contribution is -0.115. The van der Waals surface area contributed by atoms with Crippen molar-refractivity contribution < 1.29 is 9.90 Å². The number of nitrogens with zero attached hydrogens (tertiary/aromatic N) is 4. The molecule has 0 bridgehead atoms. The second-order valence-corrected chi connectivity index (χ2v) is 9.73. The first kappa shape index (κ1) is 19.3. The Morgan fingerprint density at radius 2 is 1.56 bits per heavy atom. The Bertz CT molecular complexity index is 1400. The lowest BCUT2D eigenvalue weighted by Crippen LogP contribution is -2.27. The van der Waals surface area contributed by atoms with Crippen LogP contribution in [-0.2, 0) is 11.3 Å². The molecule has 0 spiro atoms. The minimum absolute atomic E-state index is 0.0210. The van der Waals surface area contributed by atoms with Crippen molar-refractivity contribution in [2.45, 2.75) is 11.9 Å². The predicted molar refractivity (Wildman–Crippen MR) is 129 cm³/mol. The summed E-state index contributed by atoms with van der Waals surface area (Å²) in [6, 6.07) is 23.7. The molecule has 1 N–H and O–H groups in total. The van der Waals surface area contributed by atoms with E-state index in [9.17, 15) is 9.90 Å². The lowest BCUT2D eigenvalue weighted by Gasteiger charge is -2.20. The van der Waals surface area contributed by atoms with E-state index in [2.05, 4.69) is 51.2 Å². The predicted octanol–water partition coefficient (Wildman–Crippen LogP) is 5.18. The second kappa shape index (κ2) is 7.65. The van der Waals surface area contributed by atoms with Gasteiger partial charge < -0.3 is 9.67 Å². The highest BCUT2D eigenvalue weighted by molar-refractivity contribution is 8.00. The summed E-state index contributed by atoms with van der Waals surface area (Å²) in [7, 11) is 0. The summed E-state index contributed by atoms with van der Waals surface area (Å²) in [5, 5.41) is 22.1. The number of rotatable bonds is 4. The molecule has 2 aromatic heterocycles. The van der Waals surface area contributed by atoms with Gasteiger partial charge in [0.2, 0.25) is 11.0 Å². The molecule has 1 aliphatic rings. The van der Waals surface area contributed by atoms with Crippen LogP contribution in [0, 0.1) is 0 Å². The molecule has 1 aliphatic heterocycles. The van der Waals surface area contributed by atoms with Crippen molar-refractivity contribution in [2.24, 2.45) is 0 Å². The van der Waals surface area contributed by atoms with E-state index in [4.69, 9.17) is 0 Å². The quantitative estimate of drug-likeness (QED) is 0.402. The zero-order chi connectivity index (χ0) is 21.7. The van der Waals surface area contributed by atoms with Crippen LogP contribution in [0.4, 0.5) is 5.13 Å². The van der Waals surface area contributed by atoms with E-state index in [1.807, 2.05) is 24.3 Å². The normalized spacial score (nSPS) is 16.4. The molecule has 1 saturated heterocycles. The maximum absolute atomic E-state index is 12.7. The molecule has 0 saturated carbocycles. The molecule has 1 unspecified atom stereocenters. The molecule has 1 fully saturated rings. The van der Waals surface area contributed by atoms with Gasteiger partial charge >= 0.3 is 0 Å². The van der Waals surface area contributed by atoms with E-state index >= 15 is 0 Å². The maximum atomic E-state index is 12.7. The van der Waals surface area contributed by atoms with Crippen LogP contribution >= 0.6 is 23.1 Å². The molecule has 6 nitrogen and oxygen atoms in total. The van der Waals surface area contributed by atoms with Crippen molar-refractivity contribution in [3.8, 4) is 5.75 Å². The molecule has 0 radical (unpaired) electrons. The van der Waals surface area contributed by atoms with Crippen LogP contribution in [0.1, 0.15) is 15.9 Å². The molecule has 0 aliphatic carbocycles. The monoisotopic (exact) mass is 458 g/mol. The van der Waals surface area contributed by atoms with E-state index < -0.39 is 0 Å². The van der Waals surface area contributed by atoms with Gasteiger partial charge in [-0.2, -0.15) is 0 Å². The van der Waals surface area contributed by atoms with Crippen molar-refractivity contribution in [1.29, 1.82) is 0 Å². The van der Waals surface area contributed by atoms with Crippen molar-refractivity contribution in [3.63, 3.8) is 0 Å². The molecule has 6 rings (SSSR count). The number of aromatic hydroxyl groups is 1. The highest BCUT2D eigenvalue weighted by atomic mass is 32.2. The van der Waals surface area contributed by atoms with Crippen molar-refractivity contribution in [1.82, 2.24) is 14.8 Å². The van der Waals surface area contributed by atoms with Gasteiger partial charge in [0.1, 0.15) is 16.1 Å². The van der Waals surface area contributed by atoms with Crippen LogP contribution in [0.3, 0.4) is 0 Å². The molecule has 158 valence electrons. The standard InChI is InChI=1S/C24H18N4O2S2/c29-16-11-9-15(10-12-16)23-28(22(30)14-31-23)24-26-25-21(32-24)13-27-19-7-3-1-5-17(19)18-6-2-4-8-20(18)27/h1-12,23,29H,13-14H2. The number of thioether (sulfide) groups is 1. The zero-order valence-electron chi connectivity index (χ0n) is 16.9. The van der Waals surface area contributed by atoms with Crippen LogP contribution < -0.4 is 4.90 Å². The van der Waals surface area contributed by atoms with Crippen molar-refractivity contribution >= 4 is 55.9 Å². The Labute approximate surface area is 192 Å². The first-order valence-electron chi connectivity index (χ1n) is 10.2. The largest absolute Gasteiger partial charge is 0.508 e. The Kier molecular flexibility index (Phi) is 4.62. The number of carbonyl (C=O) groups excluding carboxylic acids is 1. The number of carbonyl (C=O) groups is 1. The number of fused-ring (bicyclic) bond motifs is 3. The minimum atomic E-state index is -0.169. The molecule has 1 atom stereocenters. The third-order valence-electron chi connectivity index (χ3n) is 5.68. The molecule has 8 heteroatoms. The molecular formula is C24H18N4O2S2. The van der Waals surface area contributed by atoms with E-state index in [1.54, 1.807) is 28.8 Å². The summed E-state index contributed by atoms with van der Waals surface area (Å²) in [5.41, 5.74) is 3.26. The second-order valence-electron chi connectivity index (χ2n) is 7.62. The Balaban J connectivity index is 1.36. The summed E-state index contributed by atoms with van der Waals surface area (Å²) >= 11 is 3.01. The van der Waals surface area contributed by atoms with Crippen molar-refractivity contribution in [2.75, 3.05) is 10.7 Å². The van der Waals surface area contributed by atoms with Gasteiger partial charge in [0.25, 0.3) is 0 Å². The summed E-state index contributed by atoms with van der Waals surface area (Å²) in [5.74, 6) is 0.625. The fourth-order valence-corrected chi connectivity index (χ4v) is 6.33. The van der Waals surface area contributed by atoms with Gasteiger partial charge in [0.15, 0.2) is 0 Å².